The van der Waals surface area contributed by atoms with E-state index in [4.69, 9.17) is 5.21 Å². The van der Waals surface area contributed by atoms with Crippen molar-refractivity contribution in [2.24, 2.45) is 0 Å². The number of rotatable bonds is 5. The quantitative estimate of drug-likeness (QED) is 0.258. The van der Waals surface area contributed by atoms with Crippen LogP contribution in [0, 0.1) is 0 Å². The van der Waals surface area contributed by atoms with Gasteiger partial charge in [-0.1, -0.05) is 29.0 Å². The molecule has 0 aromatic carbocycles. The number of carbonyl (C=O) groups excluding carboxylic acids is 1. The first kappa shape index (κ1) is 10.2. The fourth-order valence-electron chi connectivity index (χ4n) is 0.613. The van der Waals surface area contributed by atoms with Crippen molar-refractivity contribution in [3.63, 3.8) is 0 Å². The van der Waals surface area contributed by atoms with E-state index in [0.717, 1.165) is 23.7 Å². The lowest BCUT2D eigenvalue weighted by Gasteiger charge is -1.96. The number of alkyl halides is 1. The van der Waals surface area contributed by atoms with Crippen molar-refractivity contribution >= 4 is 28.5 Å². The number of amides is 1. The molecule has 0 aromatic heterocycles. The molecule has 0 aliphatic heterocycles. The summed E-state index contributed by atoms with van der Waals surface area (Å²) in [6.07, 6.45) is 3.53. The van der Waals surface area contributed by atoms with E-state index in [2.05, 4.69) is 22.6 Å². The van der Waals surface area contributed by atoms with E-state index in [1.165, 1.54) is 0 Å². The molecule has 1 amide bonds. The lowest BCUT2D eigenvalue weighted by Crippen LogP contribution is -2.17. The Morgan fingerprint density at radius 1 is 1.40 bits per heavy atom. The minimum absolute atomic E-state index is 0.284. The summed E-state index contributed by atoms with van der Waals surface area (Å²) in [6.45, 7) is 0. The van der Waals surface area contributed by atoms with Crippen LogP contribution >= 0.6 is 22.6 Å². The Labute approximate surface area is 74.3 Å². The van der Waals surface area contributed by atoms with Crippen LogP contribution in [0.4, 0.5) is 0 Å². The zero-order valence-corrected chi connectivity index (χ0v) is 7.93. The van der Waals surface area contributed by atoms with Gasteiger partial charge in [0.2, 0.25) is 5.91 Å². The van der Waals surface area contributed by atoms with E-state index < -0.39 is 0 Å². The molecule has 0 radical (unpaired) electrons. The van der Waals surface area contributed by atoms with Gasteiger partial charge >= 0.3 is 0 Å². The Bertz CT molecular complexity index is 97.7. The van der Waals surface area contributed by atoms with Crippen molar-refractivity contribution in [2.75, 3.05) is 4.43 Å². The molecule has 2 N–H and O–H groups in total. The van der Waals surface area contributed by atoms with Crippen LogP contribution in [0.15, 0.2) is 0 Å². The molecule has 0 saturated heterocycles. The molecule has 60 valence electrons. The van der Waals surface area contributed by atoms with Crippen molar-refractivity contribution in [1.29, 1.82) is 0 Å². The summed E-state index contributed by atoms with van der Waals surface area (Å²) in [7, 11) is 0. The van der Waals surface area contributed by atoms with Crippen LogP contribution in [0.25, 0.3) is 0 Å². The Kier molecular flexibility index (Phi) is 7.39. The Hall–Kier alpha value is 0.160. The van der Waals surface area contributed by atoms with Gasteiger partial charge < -0.3 is 0 Å². The van der Waals surface area contributed by atoms with Gasteiger partial charge in [-0.05, 0) is 17.3 Å². The van der Waals surface area contributed by atoms with Crippen molar-refractivity contribution in [3.05, 3.63) is 0 Å². The van der Waals surface area contributed by atoms with Gasteiger partial charge in [-0.3, -0.25) is 10.0 Å². The lowest BCUT2D eigenvalue weighted by atomic mass is 10.2. The van der Waals surface area contributed by atoms with Crippen LogP contribution in [0.2, 0.25) is 0 Å². The van der Waals surface area contributed by atoms with Gasteiger partial charge in [0.1, 0.15) is 0 Å². The SMILES string of the molecule is O=C(CCCCCI)NO. The Morgan fingerprint density at radius 2 is 2.10 bits per heavy atom. The molecule has 0 saturated carbocycles. The summed E-state index contributed by atoms with van der Waals surface area (Å²) in [4.78, 5) is 10.4. The molecule has 0 aliphatic carbocycles. The molecule has 0 spiro atoms. The molecule has 3 nitrogen and oxygen atoms in total. The highest BCUT2D eigenvalue weighted by molar-refractivity contribution is 14.1. The fourth-order valence-corrected chi connectivity index (χ4v) is 1.15. The molecule has 0 fully saturated rings. The summed E-state index contributed by atoms with van der Waals surface area (Å²) in [5.74, 6) is -0.284. The van der Waals surface area contributed by atoms with Gasteiger partial charge in [0, 0.05) is 6.42 Å². The summed E-state index contributed by atoms with van der Waals surface area (Å²) in [5, 5.41) is 8.09. The molecule has 0 aromatic rings. The second-order valence-electron chi connectivity index (χ2n) is 2.03. The number of hydroxylamine groups is 1. The molecule has 4 heteroatoms. The van der Waals surface area contributed by atoms with E-state index in [0.29, 0.717) is 6.42 Å². The van der Waals surface area contributed by atoms with Gasteiger partial charge in [0.25, 0.3) is 0 Å². The highest BCUT2D eigenvalue weighted by atomic mass is 127. The second kappa shape index (κ2) is 7.27. The smallest absolute Gasteiger partial charge is 0.243 e. The van der Waals surface area contributed by atoms with Crippen LogP contribution in [0.3, 0.4) is 0 Å². The van der Waals surface area contributed by atoms with Gasteiger partial charge in [-0.25, -0.2) is 5.48 Å². The number of hydrogen-bond donors (Lipinski definition) is 2. The largest absolute Gasteiger partial charge is 0.289 e. The molecule has 0 unspecified atom stereocenters. The zero-order valence-electron chi connectivity index (χ0n) is 5.77. The van der Waals surface area contributed by atoms with Gasteiger partial charge in [-0.2, -0.15) is 0 Å². The summed E-state index contributed by atoms with van der Waals surface area (Å²) in [5.41, 5.74) is 1.60. The maximum absolute atomic E-state index is 10.4. The van der Waals surface area contributed by atoms with Gasteiger partial charge in [0.05, 0.1) is 0 Å². The highest BCUT2D eigenvalue weighted by Gasteiger charge is 1.96. The number of nitrogens with one attached hydrogen (secondary N) is 1. The minimum atomic E-state index is -0.284. The average Bonchev–Trinajstić information content (AvgIpc) is 1.98. The standard InChI is InChI=1S/C6H12INO2/c7-5-3-1-2-4-6(9)8-10/h10H,1-5H2,(H,8,9). The zero-order chi connectivity index (χ0) is 7.82. The lowest BCUT2D eigenvalue weighted by molar-refractivity contribution is -0.129. The molecule has 0 aliphatic rings. The monoisotopic (exact) mass is 257 g/mol. The number of unbranched alkanes of at least 4 members (excludes halogenated alkanes) is 2. The number of carbonyl (C=O) groups is 1. The molecule has 0 rings (SSSR count). The van der Waals surface area contributed by atoms with Crippen LogP contribution in [-0.2, 0) is 4.79 Å². The van der Waals surface area contributed by atoms with E-state index >= 15 is 0 Å². The first-order valence-electron chi connectivity index (χ1n) is 3.30. The maximum Gasteiger partial charge on any atom is 0.243 e. The van der Waals surface area contributed by atoms with Crippen molar-refractivity contribution in [2.45, 2.75) is 25.7 Å². The normalized spacial score (nSPS) is 9.40. The molecule has 0 atom stereocenters. The van der Waals surface area contributed by atoms with Crippen LogP contribution in [0.1, 0.15) is 25.7 Å². The van der Waals surface area contributed by atoms with Crippen molar-refractivity contribution in [3.8, 4) is 0 Å². The molecule has 10 heavy (non-hydrogen) atoms. The van der Waals surface area contributed by atoms with Crippen LogP contribution in [0.5, 0.6) is 0 Å². The number of hydrogen-bond acceptors (Lipinski definition) is 2. The summed E-state index contributed by atoms with van der Waals surface area (Å²) >= 11 is 2.30. The molecule has 0 bridgehead atoms. The average molecular weight is 257 g/mol. The molecular weight excluding hydrogens is 245 g/mol. The number of halogens is 1. The van der Waals surface area contributed by atoms with Crippen molar-refractivity contribution < 1.29 is 10.0 Å². The minimum Gasteiger partial charge on any atom is -0.289 e. The fraction of sp³-hybridized carbons (Fsp3) is 0.833. The van der Waals surface area contributed by atoms with E-state index in [-0.39, 0.29) is 5.91 Å². The van der Waals surface area contributed by atoms with E-state index in [1.54, 1.807) is 5.48 Å². The topological polar surface area (TPSA) is 49.3 Å². The van der Waals surface area contributed by atoms with Gasteiger partial charge in [0.15, 0.2) is 0 Å². The third-order valence-corrected chi connectivity index (χ3v) is 1.92. The predicted octanol–water partition coefficient (Wildman–Crippen LogP) is 1.49. The first-order chi connectivity index (χ1) is 4.81. The maximum atomic E-state index is 10.4. The summed E-state index contributed by atoms with van der Waals surface area (Å²) in [6, 6.07) is 0. The Morgan fingerprint density at radius 3 is 2.60 bits per heavy atom. The Balaban J connectivity index is 2.96. The molecule has 0 heterocycles. The second-order valence-corrected chi connectivity index (χ2v) is 3.11. The van der Waals surface area contributed by atoms with E-state index in [9.17, 15) is 4.79 Å². The third-order valence-electron chi connectivity index (χ3n) is 1.16. The van der Waals surface area contributed by atoms with Crippen LogP contribution < -0.4 is 5.48 Å². The van der Waals surface area contributed by atoms with Gasteiger partial charge in [-0.15, -0.1) is 0 Å². The summed E-state index contributed by atoms with van der Waals surface area (Å²) < 4.78 is 1.14. The van der Waals surface area contributed by atoms with Crippen molar-refractivity contribution in [1.82, 2.24) is 5.48 Å². The van der Waals surface area contributed by atoms with Crippen LogP contribution in [-0.4, -0.2) is 15.5 Å². The first-order valence-corrected chi connectivity index (χ1v) is 4.82. The predicted molar refractivity (Wildman–Crippen MR) is 47.3 cm³/mol. The van der Waals surface area contributed by atoms with E-state index in [1.807, 2.05) is 0 Å². The molecular formula is C6H12INO2. The third kappa shape index (κ3) is 6.28. The highest BCUT2D eigenvalue weighted by Crippen LogP contribution is 2.01.